The zero-order chi connectivity index (χ0) is 15.0. The van der Waals surface area contributed by atoms with Crippen molar-refractivity contribution in [3.63, 3.8) is 0 Å². The molecule has 1 N–H and O–H groups in total. The maximum atomic E-state index is 12.6. The highest BCUT2D eigenvalue weighted by Gasteiger charge is 2.55. The number of sulfone groups is 1. The Labute approximate surface area is 116 Å². The van der Waals surface area contributed by atoms with Crippen molar-refractivity contribution < 1.29 is 23.1 Å². The quantitative estimate of drug-likeness (QED) is 0.892. The number of rotatable bonds is 4. The monoisotopic (exact) mass is 297 g/mol. The second-order valence-corrected chi connectivity index (χ2v) is 7.34. The van der Waals surface area contributed by atoms with Gasteiger partial charge in [-0.15, -0.1) is 0 Å². The fraction of sp³-hybridized carbons (Fsp3) is 0.462. The number of carboxylic acid groups (broad SMARTS) is 1. The Hall–Kier alpha value is -1.76. The molecule has 1 aliphatic rings. The molecule has 1 saturated carbocycles. The van der Waals surface area contributed by atoms with Crippen molar-refractivity contribution in [1.29, 1.82) is 0 Å². The topological polar surface area (TPSA) is 101 Å². The molecule has 2 unspecified atom stereocenters. The summed E-state index contributed by atoms with van der Waals surface area (Å²) < 4.78 is 23.2. The van der Waals surface area contributed by atoms with Crippen LogP contribution in [0.4, 0.5) is 0 Å². The van der Waals surface area contributed by atoms with Crippen molar-refractivity contribution >= 4 is 21.6 Å². The van der Waals surface area contributed by atoms with Gasteiger partial charge in [-0.05, 0) is 31.4 Å². The Balaban J connectivity index is 2.54. The Morgan fingerprint density at radius 2 is 2.15 bits per heavy atom. The van der Waals surface area contributed by atoms with Gasteiger partial charge in [-0.25, -0.2) is 13.4 Å². The van der Waals surface area contributed by atoms with Crippen molar-refractivity contribution in [2.45, 2.75) is 36.0 Å². The number of ketones is 1. The molecule has 0 bridgehead atoms. The molecule has 7 heteroatoms. The fourth-order valence-corrected chi connectivity index (χ4v) is 4.28. The van der Waals surface area contributed by atoms with E-state index in [1.807, 2.05) is 0 Å². The van der Waals surface area contributed by atoms with Crippen LogP contribution in [-0.2, 0) is 19.4 Å². The van der Waals surface area contributed by atoms with Crippen LogP contribution in [0.1, 0.15) is 26.2 Å². The van der Waals surface area contributed by atoms with Gasteiger partial charge in [0, 0.05) is 19.0 Å². The molecule has 2 atom stereocenters. The first-order valence-corrected chi connectivity index (χ1v) is 7.69. The van der Waals surface area contributed by atoms with E-state index in [4.69, 9.17) is 0 Å². The van der Waals surface area contributed by atoms with Gasteiger partial charge < -0.3 is 5.11 Å². The molecule has 108 valence electrons. The lowest BCUT2D eigenvalue weighted by molar-refractivity contribution is -0.141. The molecule has 0 saturated heterocycles. The van der Waals surface area contributed by atoms with Crippen molar-refractivity contribution in [1.82, 2.24) is 4.98 Å². The third-order valence-electron chi connectivity index (χ3n) is 3.92. The highest BCUT2D eigenvalue weighted by Crippen LogP contribution is 2.40. The molecule has 0 radical (unpaired) electrons. The Morgan fingerprint density at radius 1 is 1.45 bits per heavy atom. The van der Waals surface area contributed by atoms with Crippen LogP contribution in [0.5, 0.6) is 0 Å². The maximum absolute atomic E-state index is 12.6. The number of hydrogen-bond acceptors (Lipinski definition) is 5. The molecular formula is C13H15NO5S. The van der Waals surface area contributed by atoms with E-state index in [1.165, 1.54) is 25.3 Å². The molecular weight excluding hydrogens is 282 g/mol. The number of aromatic nitrogens is 1. The minimum Gasteiger partial charge on any atom is -0.480 e. The van der Waals surface area contributed by atoms with E-state index < -0.39 is 26.5 Å². The van der Waals surface area contributed by atoms with Gasteiger partial charge in [-0.3, -0.25) is 9.59 Å². The maximum Gasteiger partial charge on any atom is 0.325 e. The molecule has 1 heterocycles. The number of Topliss-reactive ketones (excluding diaryl/α,β-unsaturated/α-hetero) is 1. The van der Waals surface area contributed by atoms with Crippen LogP contribution >= 0.6 is 0 Å². The summed E-state index contributed by atoms with van der Waals surface area (Å²) in [4.78, 5) is 26.8. The van der Waals surface area contributed by atoms with Gasteiger partial charge in [0.25, 0.3) is 0 Å². The molecule has 0 spiro atoms. The van der Waals surface area contributed by atoms with Crippen LogP contribution in [0.2, 0.25) is 0 Å². The van der Waals surface area contributed by atoms with Crippen LogP contribution in [0.25, 0.3) is 0 Å². The van der Waals surface area contributed by atoms with E-state index in [2.05, 4.69) is 4.98 Å². The summed E-state index contributed by atoms with van der Waals surface area (Å²) in [6.07, 6.45) is 1.78. The van der Waals surface area contributed by atoms with E-state index in [1.54, 1.807) is 6.07 Å². The molecule has 20 heavy (non-hydrogen) atoms. The molecule has 2 rings (SSSR count). The molecule has 1 fully saturated rings. The number of hydrogen-bond donors (Lipinski definition) is 1. The largest absolute Gasteiger partial charge is 0.480 e. The second kappa shape index (κ2) is 4.97. The Bertz CT molecular complexity index is 640. The third kappa shape index (κ3) is 2.11. The number of nitrogens with zero attached hydrogens (tertiary/aromatic N) is 1. The van der Waals surface area contributed by atoms with Gasteiger partial charge in [0.1, 0.15) is 5.78 Å². The van der Waals surface area contributed by atoms with Gasteiger partial charge >= 0.3 is 5.97 Å². The summed E-state index contributed by atoms with van der Waals surface area (Å²) in [5.74, 6) is -2.26. The summed E-state index contributed by atoms with van der Waals surface area (Å²) in [7, 11) is -4.17. The van der Waals surface area contributed by atoms with Gasteiger partial charge in [-0.2, -0.15) is 0 Å². The Morgan fingerprint density at radius 3 is 2.60 bits per heavy atom. The van der Waals surface area contributed by atoms with E-state index in [9.17, 15) is 23.1 Å². The van der Waals surface area contributed by atoms with Crippen molar-refractivity contribution in [3.8, 4) is 0 Å². The van der Waals surface area contributed by atoms with Gasteiger partial charge in [0.15, 0.2) is 9.77 Å². The van der Waals surface area contributed by atoms with E-state index in [-0.39, 0.29) is 30.1 Å². The van der Waals surface area contributed by atoms with Crippen LogP contribution in [0, 0.1) is 5.92 Å². The van der Waals surface area contributed by atoms with E-state index >= 15 is 0 Å². The fourth-order valence-electron chi connectivity index (χ4n) is 2.52. The summed E-state index contributed by atoms with van der Waals surface area (Å²) in [6.45, 7) is 1.17. The highest BCUT2D eigenvalue weighted by molar-refractivity contribution is 7.93. The van der Waals surface area contributed by atoms with Gasteiger partial charge in [0.05, 0.1) is 0 Å². The average Bonchev–Trinajstić information content (AvgIpc) is 2.85. The number of carbonyl (C=O) groups excluding carboxylic acids is 1. The average molecular weight is 297 g/mol. The van der Waals surface area contributed by atoms with Crippen LogP contribution in [0.3, 0.4) is 0 Å². The highest BCUT2D eigenvalue weighted by atomic mass is 32.2. The first-order chi connectivity index (χ1) is 9.30. The molecule has 0 aromatic carbocycles. The van der Waals surface area contributed by atoms with E-state index in [0.717, 1.165) is 0 Å². The van der Waals surface area contributed by atoms with Gasteiger partial charge in [-0.1, -0.05) is 6.07 Å². The lowest BCUT2D eigenvalue weighted by Crippen LogP contribution is -2.49. The van der Waals surface area contributed by atoms with Crippen molar-refractivity contribution in [3.05, 3.63) is 24.4 Å². The predicted molar refractivity (Wildman–Crippen MR) is 69.8 cm³/mol. The number of carboxylic acids is 1. The third-order valence-corrected chi connectivity index (χ3v) is 6.34. The van der Waals surface area contributed by atoms with E-state index in [0.29, 0.717) is 0 Å². The minimum absolute atomic E-state index is 0.0190. The first-order valence-electron chi connectivity index (χ1n) is 6.21. The van der Waals surface area contributed by atoms with Crippen molar-refractivity contribution in [2.75, 3.05) is 0 Å². The minimum atomic E-state index is -4.17. The second-order valence-electron chi connectivity index (χ2n) is 5.06. The van der Waals surface area contributed by atoms with Crippen LogP contribution in [-0.4, -0.2) is 35.0 Å². The van der Waals surface area contributed by atoms with Crippen LogP contribution in [0.15, 0.2) is 29.4 Å². The summed E-state index contributed by atoms with van der Waals surface area (Å²) >= 11 is 0. The SMILES string of the molecule is CC(C(=O)O)(C1CCC(=O)C1)S(=O)(=O)c1ccccn1. The first kappa shape index (κ1) is 14.6. The summed E-state index contributed by atoms with van der Waals surface area (Å²) in [5, 5.41) is 9.18. The Kier molecular flexibility index (Phi) is 3.64. The molecule has 6 nitrogen and oxygen atoms in total. The van der Waals surface area contributed by atoms with Crippen LogP contribution < -0.4 is 0 Å². The lowest BCUT2D eigenvalue weighted by Gasteiger charge is -2.29. The van der Waals surface area contributed by atoms with Gasteiger partial charge in [0.2, 0.25) is 9.84 Å². The standard InChI is InChI=1S/C13H15NO5S/c1-13(12(16)17,9-5-6-10(15)8-9)20(18,19)11-4-2-3-7-14-11/h2-4,7,9H,5-6,8H2,1H3,(H,16,17). The molecule has 1 aromatic heterocycles. The smallest absolute Gasteiger partial charge is 0.325 e. The molecule has 0 aliphatic heterocycles. The number of carbonyl (C=O) groups is 2. The predicted octanol–water partition coefficient (Wildman–Crippen LogP) is 1.07. The molecule has 1 aromatic rings. The normalized spacial score (nSPS) is 22.4. The zero-order valence-corrected chi connectivity index (χ0v) is 11.8. The zero-order valence-electron chi connectivity index (χ0n) is 10.9. The van der Waals surface area contributed by atoms with Crippen molar-refractivity contribution in [2.24, 2.45) is 5.92 Å². The summed E-state index contributed by atoms with van der Waals surface area (Å²) in [6, 6.07) is 4.31. The summed E-state index contributed by atoms with van der Waals surface area (Å²) in [5.41, 5.74) is 0. The lowest BCUT2D eigenvalue weighted by atomic mass is 9.91. The molecule has 0 amide bonds. The number of aliphatic carboxylic acids is 1. The number of pyridine rings is 1. The molecule has 1 aliphatic carbocycles.